The van der Waals surface area contributed by atoms with Crippen molar-refractivity contribution in [3.05, 3.63) is 60.4 Å². The molecule has 0 saturated heterocycles. The number of rotatable bonds is 6. The van der Waals surface area contributed by atoms with Gasteiger partial charge in [0.05, 0.1) is 19.0 Å². The Kier molecular flexibility index (Phi) is 4.10. The lowest BCUT2D eigenvalue weighted by Crippen LogP contribution is -2.20. The van der Waals surface area contributed by atoms with Crippen LogP contribution in [-0.4, -0.2) is 24.9 Å². The lowest BCUT2D eigenvalue weighted by molar-refractivity contribution is 0.111. The Hall–Kier alpha value is -2.88. The van der Waals surface area contributed by atoms with Crippen LogP contribution in [0.25, 0.3) is 10.8 Å². The number of benzene rings is 2. The van der Waals surface area contributed by atoms with E-state index in [1.54, 1.807) is 13.3 Å². The van der Waals surface area contributed by atoms with Crippen LogP contribution in [-0.2, 0) is 0 Å². The molecule has 4 rings (SSSR count). The number of fused-ring (bicyclic) bond motifs is 1. The number of anilines is 2. The predicted octanol–water partition coefficient (Wildman–Crippen LogP) is 4.60. The highest BCUT2D eigenvalue weighted by molar-refractivity contribution is 5.96. The average Bonchev–Trinajstić information content (AvgIpc) is 3.49. The summed E-state index contributed by atoms with van der Waals surface area (Å²) in [5.74, 6) is 1.21. The van der Waals surface area contributed by atoms with Gasteiger partial charge in [-0.05, 0) is 30.2 Å². The van der Waals surface area contributed by atoms with Crippen molar-refractivity contribution < 1.29 is 9.53 Å². The molecule has 0 unspecified atom stereocenters. The Morgan fingerprint density at radius 2 is 2.00 bits per heavy atom. The summed E-state index contributed by atoms with van der Waals surface area (Å²) in [6.07, 6.45) is 5.01. The number of hydrogen-bond acceptors (Lipinski definition) is 4. The normalized spacial score (nSPS) is 13.6. The number of ether oxygens (including phenoxy) is 1. The highest BCUT2D eigenvalue weighted by Crippen LogP contribution is 2.38. The van der Waals surface area contributed by atoms with Gasteiger partial charge < -0.3 is 9.64 Å². The molecule has 25 heavy (non-hydrogen) atoms. The summed E-state index contributed by atoms with van der Waals surface area (Å²) in [5, 5.41) is 2.43. The SMILES string of the molecule is COc1cc(N(CC2CC2)c2cccc3ccccc23)cnc1C=O. The average molecular weight is 332 g/mol. The fraction of sp³-hybridized carbons (Fsp3) is 0.238. The second-order valence-corrected chi connectivity index (χ2v) is 6.45. The Bertz CT molecular complexity index is 913. The standard InChI is InChI=1S/C21H20N2O2/c1-25-21-11-17(12-22-19(21)14-24)23(13-15-9-10-15)20-8-4-6-16-5-2-3-7-18(16)20/h2-8,11-12,14-15H,9-10,13H2,1H3. The van der Waals surface area contributed by atoms with E-state index in [0.717, 1.165) is 24.2 Å². The zero-order chi connectivity index (χ0) is 17.2. The minimum atomic E-state index is 0.329. The Labute approximate surface area is 147 Å². The quantitative estimate of drug-likeness (QED) is 0.619. The van der Waals surface area contributed by atoms with Gasteiger partial charge >= 0.3 is 0 Å². The van der Waals surface area contributed by atoms with Crippen molar-refractivity contribution in [2.45, 2.75) is 12.8 Å². The zero-order valence-electron chi connectivity index (χ0n) is 14.2. The maximum atomic E-state index is 11.1. The van der Waals surface area contributed by atoms with E-state index in [9.17, 15) is 4.79 Å². The van der Waals surface area contributed by atoms with Crippen LogP contribution in [0.4, 0.5) is 11.4 Å². The van der Waals surface area contributed by atoms with Crippen LogP contribution in [0.3, 0.4) is 0 Å². The van der Waals surface area contributed by atoms with Gasteiger partial charge in [-0.3, -0.25) is 4.79 Å². The summed E-state index contributed by atoms with van der Waals surface area (Å²) >= 11 is 0. The van der Waals surface area contributed by atoms with E-state index in [1.807, 2.05) is 6.07 Å². The van der Waals surface area contributed by atoms with Crippen LogP contribution in [0, 0.1) is 5.92 Å². The summed E-state index contributed by atoms with van der Waals surface area (Å²) in [7, 11) is 1.57. The first-order chi connectivity index (χ1) is 12.3. The van der Waals surface area contributed by atoms with Gasteiger partial charge in [0.15, 0.2) is 6.29 Å². The molecule has 0 radical (unpaired) electrons. The van der Waals surface area contributed by atoms with E-state index in [2.05, 4.69) is 52.3 Å². The smallest absolute Gasteiger partial charge is 0.172 e. The Balaban J connectivity index is 1.84. The number of nitrogens with zero attached hydrogens (tertiary/aromatic N) is 2. The molecule has 1 saturated carbocycles. The number of carbonyl (C=O) groups excluding carboxylic acids is 1. The van der Waals surface area contributed by atoms with Crippen LogP contribution in [0.5, 0.6) is 5.75 Å². The molecule has 1 fully saturated rings. The van der Waals surface area contributed by atoms with Gasteiger partial charge in [0.2, 0.25) is 0 Å². The molecule has 0 amide bonds. The van der Waals surface area contributed by atoms with E-state index in [1.165, 1.54) is 23.6 Å². The lowest BCUT2D eigenvalue weighted by atomic mass is 10.1. The first-order valence-electron chi connectivity index (χ1n) is 8.54. The van der Waals surface area contributed by atoms with Gasteiger partial charge in [0, 0.05) is 23.7 Å². The Morgan fingerprint density at radius 3 is 2.76 bits per heavy atom. The molecule has 1 heterocycles. The molecule has 126 valence electrons. The fourth-order valence-corrected chi connectivity index (χ4v) is 3.19. The van der Waals surface area contributed by atoms with E-state index in [0.29, 0.717) is 17.4 Å². The molecule has 4 nitrogen and oxygen atoms in total. The van der Waals surface area contributed by atoms with Gasteiger partial charge in [-0.1, -0.05) is 36.4 Å². The van der Waals surface area contributed by atoms with Crippen molar-refractivity contribution in [3.63, 3.8) is 0 Å². The minimum Gasteiger partial charge on any atom is -0.494 e. The van der Waals surface area contributed by atoms with Crippen LogP contribution in [0.15, 0.2) is 54.7 Å². The molecular formula is C21H20N2O2. The molecule has 0 bridgehead atoms. The van der Waals surface area contributed by atoms with Crippen molar-refractivity contribution in [2.75, 3.05) is 18.6 Å². The molecule has 0 N–H and O–H groups in total. The highest BCUT2D eigenvalue weighted by atomic mass is 16.5. The zero-order valence-corrected chi connectivity index (χ0v) is 14.2. The van der Waals surface area contributed by atoms with E-state index >= 15 is 0 Å². The molecule has 2 aromatic carbocycles. The number of pyridine rings is 1. The van der Waals surface area contributed by atoms with Crippen molar-refractivity contribution in [1.82, 2.24) is 4.98 Å². The van der Waals surface area contributed by atoms with Gasteiger partial charge in [-0.2, -0.15) is 0 Å². The summed E-state index contributed by atoms with van der Waals surface area (Å²) in [6.45, 7) is 0.944. The van der Waals surface area contributed by atoms with Crippen LogP contribution >= 0.6 is 0 Å². The largest absolute Gasteiger partial charge is 0.494 e. The van der Waals surface area contributed by atoms with E-state index in [-0.39, 0.29) is 0 Å². The van der Waals surface area contributed by atoms with Crippen LogP contribution in [0.2, 0.25) is 0 Å². The number of hydrogen-bond donors (Lipinski definition) is 0. The van der Waals surface area contributed by atoms with Gasteiger partial charge in [0.25, 0.3) is 0 Å². The summed E-state index contributed by atoms with van der Waals surface area (Å²) < 4.78 is 5.35. The maximum absolute atomic E-state index is 11.1. The third-order valence-electron chi connectivity index (χ3n) is 4.71. The third-order valence-corrected chi connectivity index (χ3v) is 4.71. The monoisotopic (exact) mass is 332 g/mol. The van der Waals surface area contributed by atoms with Crippen LogP contribution < -0.4 is 9.64 Å². The maximum Gasteiger partial charge on any atom is 0.172 e. The topological polar surface area (TPSA) is 42.4 Å². The van der Waals surface area contributed by atoms with Crippen molar-refractivity contribution >= 4 is 28.4 Å². The Morgan fingerprint density at radius 1 is 1.20 bits per heavy atom. The highest BCUT2D eigenvalue weighted by Gasteiger charge is 2.26. The molecule has 4 heteroatoms. The number of carbonyl (C=O) groups is 1. The molecular weight excluding hydrogens is 312 g/mol. The van der Waals surface area contributed by atoms with E-state index in [4.69, 9.17) is 4.74 Å². The molecule has 3 aromatic rings. The summed E-state index contributed by atoms with van der Waals surface area (Å²) in [5.41, 5.74) is 2.44. The van der Waals surface area contributed by atoms with Crippen molar-refractivity contribution in [1.29, 1.82) is 0 Å². The molecule has 1 aliphatic rings. The number of aromatic nitrogens is 1. The first-order valence-corrected chi connectivity index (χ1v) is 8.54. The molecule has 0 spiro atoms. The molecule has 0 atom stereocenters. The number of methoxy groups -OCH3 is 1. The second-order valence-electron chi connectivity index (χ2n) is 6.45. The van der Waals surface area contributed by atoms with Crippen molar-refractivity contribution in [2.24, 2.45) is 5.92 Å². The minimum absolute atomic E-state index is 0.329. The molecule has 1 aromatic heterocycles. The van der Waals surface area contributed by atoms with Crippen molar-refractivity contribution in [3.8, 4) is 5.75 Å². The van der Waals surface area contributed by atoms with Gasteiger partial charge in [-0.15, -0.1) is 0 Å². The molecule has 0 aliphatic heterocycles. The van der Waals surface area contributed by atoms with E-state index < -0.39 is 0 Å². The second kappa shape index (κ2) is 6.55. The van der Waals surface area contributed by atoms with Crippen LogP contribution in [0.1, 0.15) is 23.3 Å². The lowest BCUT2D eigenvalue weighted by Gasteiger charge is -2.26. The van der Waals surface area contributed by atoms with Gasteiger partial charge in [0.1, 0.15) is 11.4 Å². The third kappa shape index (κ3) is 3.07. The molecule has 1 aliphatic carbocycles. The summed E-state index contributed by atoms with van der Waals surface area (Å²) in [6, 6.07) is 16.7. The first kappa shape index (κ1) is 15.6. The number of aldehydes is 1. The fourth-order valence-electron chi connectivity index (χ4n) is 3.19. The predicted molar refractivity (Wildman–Crippen MR) is 99.9 cm³/mol. The van der Waals surface area contributed by atoms with Gasteiger partial charge in [-0.25, -0.2) is 4.98 Å². The summed E-state index contributed by atoms with van der Waals surface area (Å²) in [4.78, 5) is 17.7.